The largest absolute Gasteiger partial charge is 0.351 e. The standard InChI is InChI=1S/C18H20BrFN2O/c1-2-17(13-7-9-15(19)10-8-13)21-12-18(23)22-11-14-5-3-4-6-16(14)20/h3-10,17,21H,2,11-12H2,1H3,(H,22,23)/t17-/m1/s1. The molecule has 0 saturated carbocycles. The zero-order chi connectivity index (χ0) is 16.7. The lowest BCUT2D eigenvalue weighted by atomic mass is 10.0. The monoisotopic (exact) mass is 378 g/mol. The molecule has 2 aromatic carbocycles. The second kappa shape index (κ2) is 8.79. The molecular weight excluding hydrogens is 359 g/mol. The van der Waals surface area contributed by atoms with Crippen molar-refractivity contribution in [2.24, 2.45) is 0 Å². The molecule has 2 rings (SSSR count). The van der Waals surface area contributed by atoms with Crippen LogP contribution in [0.1, 0.15) is 30.5 Å². The summed E-state index contributed by atoms with van der Waals surface area (Å²) in [6.07, 6.45) is 0.877. The Morgan fingerprint density at radius 3 is 2.52 bits per heavy atom. The van der Waals surface area contributed by atoms with E-state index in [4.69, 9.17) is 0 Å². The van der Waals surface area contributed by atoms with E-state index in [1.807, 2.05) is 24.3 Å². The van der Waals surface area contributed by atoms with Crippen LogP contribution >= 0.6 is 15.9 Å². The molecule has 0 unspecified atom stereocenters. The van der Waals surface area contributed by atoms with Crippen molar-refractivity contribution in [3.05, 3.63) is 69.9 Å². The fraction of sp³-hybridized carbons (Fsp3) is 0.278. The lowest BCUT2D eigenvalue weighted by Gasteiger charge is -2.17. The van der Waals surface area contributed by atoms with Gasteiger partial charge in [-0.25, -0.2) is 4.39 Å². The van der Waals surface area contributed by atoms with Gasteiger partial charge in [0.25, 0.3) is 0 Å². The molecule has 0 bridgehead atoms. The molecule has 0 aliphatic heterocycles. The summed E-state index contributed by atoms with van der Waals surface area (Å²) in [6, 6.07) is 14.6. The first-order valence-electron chi connectivity index (χ1n) is 7.59. The van der Waals surface area contributed by atoms with Crippen LogP contribution in [-0.2, 0) is 11.3 Å². The summed E-state index contributed by atoms with van der Waals surface area (Å²) in [5.41, 5.74) is 1.62. The van der Waals surface area contributed by atoms with E-state index in [9.17, 15) is 9.18 Å². The van der Waals surface area contributed by atoms with E-state index < -0.39 is 0 Å². The van der Waals surface area contributed by atoms with Crippen LogP contribution < -0.4 is 10.6 Å². The van der Waals surface area contributed by atoms with Gasteiger partial charge in [-0.05, 0) is 30.2 Å². The molecular formula is C18H20BrFN2O. The van der Waals surface area contributed by atoms with Crippen LogP contribution in [0.3, 0.4) is 0 Å². The molecule has 5 heteroatoms. The van der Waals surface area contributed by atoms with Crippen molar-refractivity contribution in [2.75, 3.05) is 6.54 Å². The summed E-state index contributed by atoms with van der Waals surface area (Å²) in [6.45, 7) is 2.46. The molecule has 0 aromatic heterocycles. The van der Waals surface area contributed by atoms with Crippen LogP contribution in [0.5, 0.6) is 0 Å². The SMILES string of the molecule is CC[C@@H](NCC(=O)NCc1ccccc1F)c1ccc(Br)cc1. The smallest absolute Gasteiger partial charge is 0.234 e. The Morgan fingerprint density at radius 2 is 1.87 bits per heavy atom. The molecule has 23 heavy (non-hydrogen) atoms. The zero-order valence-electron chi connectivity index (χ0n) is 13.0. The van der Waals surface area contributed by atoms with Gasteiger partial charge < -0.3 is 10.6 Å². The maximum Gasteiger partial charge on any atom is 0.234 e. The van der Waals surface area contributed by atoms with E-state index in [0.717, 1.165) is 16.5 Å². The third-order valence-electron chi connectivity index (χ3n) is 3.62. The minimum atomic E-state index is -0.304. The topological polar surface area (TPSA) is 41.1 Å². The highest BCUT2D eigenvalue weighted by Gasteiger charge is 2.11. The van der Waals surface area contributed by atoms with Crippen molar-refractivity contribution in [3.63, 3.8) is 0 Å². The van der Waals surface area contributed by atoms with Gasteiger partial charge in [0.15, 0.2) is 0 Å². The fourth-order valence-electron chi connectivity index (χ4n) is 2.31. The predicted octanol–water partition coefficient (Wildman–Crippen LogP) is 3.95. The number of amides is 1. The first-order valence-corrected chi connectivity index (χ1v) is 8.38. The second-order valence-electron chi connectivity index (χ2n) is 5.26. The number of halogens is 2. The Morgan fingerprint density at radius 1 is 1.17 bits per heavy atom. The molecule has 0 fully saturated rings. The van der Waals surface area contributed by atoms with Gasteiger partial charge in [-0.15, -0.1) is 0 Å². The van der Waals surface area contributed by atoms with Crippen LogP contribution in [0.25, 0.3) is 0 Å². The van der Waals surface area contributed by atoms with Gasteiger partial charge >= 0.3 is 0 Å². The molecule has 1 amide bonds. The normalized spacial score (nSPS) is 12.0. The molecule has 0 heterocycles. The van der Waals surface area contributed by atoms with Crippen molar-refractivity contribution in [3.8, 4) is 0 Å². The third-order valence-corrected chi connectivity index (χ3v) is 4.15. The van der Waals surface area contributed by atoms with E-state index in [0.29, 0.717) is 5.56 Å². The van der Waals surface area contributed by atoms with Crippen LogP contribution in [0.15, 0.2) is 53.0 Å². The van der Waals surface area contributed by atoms with Crippen LogP contribution in [0, 0.1) is 5.82 Å². The van der Waals surface area contributed by atoms with Gasteiger partial charge in [0.2, 0.25) is 5.91 Å². The number of carbonyl (C=O) groups is 1. The number of hydrogen-bond donors (Lipinski definition) is 2. The van der Waals surface area contributed by atoms with E-state index >= 15 is 0 Å². The van der Waals surface area contributed by atoms with Gasteiger partial charge in [-0.1, -0.05) is 53.2 Å². The van der Waals surface area contributed by atoms with Crippen LogP contribution in [-0.4, -0.2) is 12.5 Å². The Kier molecular flexibility index (Phi) is 6.74. The van der Waals surface area contributed by atoms with E-state index in [2.05, 4.69) is 33.5 Å². The number of carbonyl (C=O) groups excluding carboxylic acids is 1. The summed E-state index contributed by atoms with van der Waals surface area (Å²) in [5, 5.41) is 5.97. The highest BCUT2D eigenvalue weighted by molar-refractivity contribution is 9.10. The second-order valence-corrected chi connectivity index (χ2v) is 6.18. The molecule has 0 aliphatic carbocycles. The molecule has 122 valence electrons. The maximum atomic E-state index is 13.5. The predicted molar refractivity (Wildman–Crippen MR) is 93.4 cm³/mol. The zero-order valence-corrected chi connectivity index (χ0v) is 14.6. The average Bonchev–Trinajstić information content (AvgIpc) is 2.56. The first kappa shape index (κ1) is 17.6. The Balaban J connectivity index is 1.83. The molecule has 3 nitrogen and oxygen atoms in total. The summed E-state index contributed by atoms with van der Waals surface area (Å²) in [7, 11) is 0. The molecule has 2 N–H and O–H groups in total. The minimum absolute atomic E-state index is 0.113. The van der Waals surface area contributed by atoms with Crippen LogP contribution in [0.4, 0.5) is 4.39 Å². The summed E-state index contributed by atoms with van der Waals surface area (Å²) >= 11 is 3.41. The summed E-state index contributed by atoms with van der Waals surface area (Å²) in [4.78, 5) is 11.9. The van der Waals surface area contributed by atoms with Crippen molar-refractivity contribution in [1.82, 2.24) is 10.6 Å². The number of nitrogens with one attached hydrogen (secondary N) is 2. The summed E-state index contributed by atoms with van der Waals surface area (Å²) < 4.78 is 14.5. The van der Waals surface area contributed by atoms with Gasteiger partial charge in [-0.3, -0.25) is 4.79 Å². The number of rotatable bonds is 7. The fourth-order valence-corrected chi connectivity index (χ4v) is 2.57. The van der Waals surface area contributed by atoms with Crippen LogP contribution in [0.2, 0.25) is 0 Å². The molecule has 2 aromatic rings. The van der Waals surface area contributed by atoms with Crippen molar-refractivity contribution in [2.45, 2.75) is 25.9 Å². The molecule has 0 radical (unpaired) electrons. The molecule has 0 saturated heterocycles. The van der Waals surface area contributed by atoms with Gasteiger partial charge in [0.1, 0.15) is 5.82 Å². The van der Waals surface area contributed by atoms with Crippen molar-refractivity contribution in [1.29, 1.82) is 0 Å². The molecule has 1 atom stereocenters. The van der Waals surface area contributed by atoms with Gasteiger partial charge in [-0.2, -0.15) is 0 Å². The highest BCUT2D eigenvalue weighted by atomic mass is 79.9. The molecule has 0 spiro atoms. The van der Waals surface area contributed by atoms with Gasteiger partial charge in [0.05, 0.1) is 6.54 Å². The van der Waals surface area contributed by atoms with E-state index in [1.54, 1.807) is 18.2 Å². The van der Waals surface area contributed by atoms with Gasteiger partial charge in [0, 0.05) is 22.6 Å². The lowest BCUT2D eigenvalue weighted by Crippen LogP contribution is -2.35. The quantitative estimate of drug-likeness (QED) is 0.765. The molecule has 0 aliphatic rings. The maximum absolute atomic E-state index is 13.5. The Hall–Kier alpha value is -1.72. The van der Waals surface area contributed by atoms with E-state index in [-0.39, 0.29) is 30.9 Å². The van der Waals surface area contributed by atoms with Crippen molar-refractivity contribution < 1.29 is 9.18 Å². The minimum Gasteiger partial charge on any atom is -0.351 e. The summed E-state index contributed by atoms with van der Waals surface area (Å²) in [5.74, 6) is -0.453. The number of benzene rings is 2. The lowest BCUT2D eigenvalue weighted by molar-refractivity contribution is -0.120. The number of hydrogen-bond acceptors (Lipinski definition) is 2. The Bertz CT molecular complexity index is 646. The third kappa shape index (κ3) is 5.44. The first-order chi connectivity index (χ1) is 11.1. The highest BCUT2D eigenvalue weighted by Crippen LogP contribution is 2.19. The Labute approximate surface area is 144 Å². The van der Waals surface area contributed by atoms with E-state index in [1.165, 1.54) is 6.07 Å². The van der Waals surface area contributed by atoms with Crippen molar-refractivity contribution >= 4 is 21.8 Å². The average molecular weight is 379 g/mol.